The van der Waals surface area contributed by atoms with Crippen LogP contribution in [0.3, 0.4) is 0 Å². The third kappa shape index (κ3) is 4.08. The number of carbonyl (C=O) groups excluding carboxylic acids is 2. The van der Waals surface area contributed by atoms with Gasteiger partial charge in [0.1, 0.15) is 0 Å². The number of anilines is 1. The van der Waals surface area contributed by atoms with Crippen molar-refractivity contribution in [2.45, 2.75) is 6.18 Å². The zero-order valence-corrected chi connectivity index (χ0v) is 11.1. The van der Waals surface area contributed by atoms with E-state index in [0.717, 1.165) is 18.2 Å². The first kappa shape index (κ1) is 15.6. The van der Waals surface area contributed by atoms with Gasteiger partial charge in [0.15, 0.2) is 0 Å². The Morgan fingerprint density at radius 2 is 1.64 bits per heavy atom. The van der Waals surface area contributed by atoms with E-state index in [9.17, 15) is 22.8 Å². The molecule has 0 heterocycles. The van der Waals surface area contributed by atoms with E-state index in [1.807, 2.05) is 0 Å². The number of alkyl halides is 3. The number of hydrogen-bond acceptors (Lipinski definition) is 3. The van der Waals surface area contributed by atoms with Gasteiger partial charge in [0.25, 0.3) is 0 Å². The van der Waals surface area contributed by atoms with Crippen LogP contribution in [0.15, 0.2) is 54.6 Å². The maximum absolute atomic E-state index is 12.5. The van der Waals surface area contributed by atoms with Crippen molar-refractivity contribution in [3.63, 3.8) is 0 Å². The molecule has 7 heteroatoms. The molecule has 0 unspecified atom stereocenters. The number of amides is 1. The van der Waals surface area contributed by atoms with Gasteiger partial charge in [0, 0.05) is 5.69 Å². The van der Waals surface area contributed by atoms with Crippen LogP contribution in [0.25, 0.3) is 0 Å². The number of hydrogen-bond donors (Lipinski definition) is 1. The second kappa shape index (κ2) is 6.30. The standard InChI is InChI=1S/C15H10F3NO3/c16-15(17,18)11-7-4-8-12(9-11)19-14(21)22-13(20)10-5-2-1-3-6-10/h1-9H,(H,19,21). The summed E-state index contributed by atoms with van der Waals surface area (Å²) in [6, 6.07) is 11.7. The maximum Gasteiger partial charge on any atom is 0.419 e. The fraction of sp³-hybridized carbons (Fsp3) is 0.0667. The highest BCUT2D eigenvalue weighted by Crippen LogP contribution is 2.30. The average Bonchev–Trinajstić information content (AvgIpc) is 2.47. The normalized spacial score (nSPS) is 10.9. The summed E-state index contributed by atoms with van der Waals surface area (Å²) >= 11 is 0. The molecular weight excluding hydrogens is 299 g/mol. The maximum atomic E-state index is 12.5. The second-order valence-corrected chi connectivity index (χ2v) is 4.25. The van der Waals surface area contributed by atoms with Crippen molar-refractivity contribution in [2.24, 2.45) is 0 Å². The number of ether oxygens (including phenoxy) is 1. The summed E-state index contributed by atoms with van der Waals surface area (Å²) in [5.74, 6) is -0.898. The van der Waals surface area contributed by atoms with Crippen molar-refractivity contribution in [3.05, 3.63) is 65.7 Å². The number of halogens is 3. The summed E-state index contributed by atoms with van der Waals surface area (Å²) in [5.41, 5.74) is -0.887. The zero-order valence-electron chi connectivity index (χ0n) is 11.1. The number of carbonyl (C=O) groups is 2. The van der Waals surface area contributed by atoms with Gasteiger partial charge in [-0.15, -0.1) is 0 Å². The van der Waals surface area contributed by atoms with Gasteiger partial charge in [-0.2, -0.15) is 13.2 Å². The van der Waals surface area contributed by atoms with E-state index in [4.69, 9.17) is 0 Å². The van der Waals surface area contributed by atoms with Crippen LogP contribution in [0.5, 0.6) is 0 Å². The van der Waals surface area contributed by atoms with Crippen LogP contribution in [0.2, 0.25) is 0 Å². The number of esters is 1. The predicted octanol–water partition coefficient (Wildman–Crippen LogP) is 4.09. The minimum atomic E-state index is -4.53. The van der Waals surface area contributed by atoms with Crippen molar-refractivity contribution >= 4 is 17.7 Å². The third-order valence-corrected chi connectivity index (χ3v) is 2.63. The molecule has 0 spiro atoms. The molecule has 1 amide bonds. The van der Waals surface area contributed by atoms with Crippen molar-refractivity contribution < 1.29 is 27.5 Å². The Morgan fingerprint density at radius 3 is 2.27 bits per heavy atom. The van der Waals surface area contributed by atoms with E-state index in [1.165, 1.54) is 18.2 Å². The van der Waals surface area contributed by atoms with Crippen molar-refractivity contribution in [1.82, 2.24) is 0 Å². The molecule has 0 radical (unpaired) electrons. The third-order valence-electron chi connectivity index (χ3n) is 2.63. The number of benzene rings is 2. The molecule has 1 N–H and O–H groups in total. The molecule has 4 nitrogen and oxygen atoms in total. The summed E-state index contributed by atoms with van der Waals surface area (Å²) in [6.45, 7) is 0. The minimum Gasteiger partial charge on any atom is -0.372 e. The molecule has 2 aromatic carbocycles. The second-order valence-electron chi connectivity index (χ2n) is 4.25. The lowest BCUT2D eigenvalue weighted by molar-refractivity contribution is -0.137. The van der Waals surface area contributed by atoms with Gasteiger partial charge in [-0.3, -0.25) is 5.32 Å². The molecule has 22 heavy (non-hydrogen) atoms. The van der Waals surface area contributed by atoms with Gasteiger partial charge in [0.05, 0.1) is 11.1 Å². The van der Waals surface area contributed by atoms with Gasteiger partial charge in [-0.05, 0) is 30.3 Å². The number of rotatable bonds is 2. The van der Waals surface area contributed by atoms with Gasteiger partial charge >= 0.3 is 18.2 Å². The van der Waals surface area contributed by atoms with Crippen molar-refractivity contribution in [1.29, 1.82) is 0 Å². The molecule has 0 atom stereocenters. The van der Waals surface area contributed by atoms with Gasteiger partial charge in [-0.1, -0.05) is 24.3 Å². The Kier molecular flexibility index (Phi) is 4.45. The van der Waals surface area contributed by atoms with Gasteiger partial charge < -0.3 is 4.74 Å². The molecule has 0 saturated carbocycles. The molecule has 0 aliphatic carbocycles. The summed E-state index contributed by atoms with van der Waals surface area (Å²) < 4.78 is 42.1. The molecule has 2 aromatic rings. The van der Waals surface area contributed by atoms with Crippen LogP contribution in [0, 0.1) is 0 Å². The van der Waals surface area contributed by atoms with E-state index in [1.54, 1.807) is 18.2 Å². The van der Waals surface area contributed by atoms with Gasteiger partial charge in [-0.25, -0.2) is 9.59 Å². The fourth-order valence-electron chi connectivity index (χ4n) is 1.63. The van der Waals surface area contributed by atoms with E-state index in [2.05, 4.69) is 10.1 Å². The molecule has 0 aromatic heterocycles. The lowest BCUT2D eigenvalue weighted by atomic mass is 10.2. The van der Waals surface area contributed by atoms with Crippen LogP contribution in [0.4, 0.5) is 23.7 Å². The Bertz CT molecular complexity index is 684. The monoisotopic (exact) mass is 309 g/mol. The van der Waals surface area contributed by atoms with Crippen molar-refractivity contribution in [3.8, 4) is 0 Å². The molecule has 0 bridgehead atoms. The molecule has 114 valence electrons. The predicted molar refractivity (Wildman–Crippen MR) is 72.3 cm³/mol. The lowest BCUT2D eigenvalue weighted by Crippen LogP contribution is -2.19. The van der Waals surface area contributed by atoms with Crippen LogP contribution in [-0.2, 0) is 10.9 Å². The molecule has 0 saturated heterocycles. The van der Waals surface area contributed by atoms with Crippen LogP contribution in [0.1, 0.15) is 15.9 Å². The Hall–Kier alpha value is -2.83. The van der Waals surface area contributed by atoms with Crippen molar-refractivity contribution in [2.75, 3.05) is 5.32 Å². The van der Waals surface area contributed by atoms with E-state index in [0.29, 0.717) is 0 Å². The molecule has 0 aliphatic heterocycles. The smallest absolute Gasteiger partial charge is 0.372 e. The quantitative estimate of drug-likeness (QED) is 0.671. The lowest BCUT2D eigenvalue weighted by Gasteiger charge is -2.09. The molecular formula is C15H10F3NO3. The highest BCUT2D eigenvalue weighted by atomic mass is 19.4. The molecule has 0 fully saturated rings. The summed E-state index contributed by atoms with van der Waals surface area (Å²) in [7, 11) is 0. The Labute approximate surface area is 123 Å². The SMILES string of the molecule is O=C(Nc1cccc(C(F)(F)F)c1)OC(=O)c1ccccc1. The van der Waals surface area contributed by atoms with Crippen LogP contribution < -0.4 is 5.32 Å². The van der Waals surface area contributed by atoms with Crippen LogP contribution >= 0.6 is 0 Å². The highest BCUT2D eigenvalue weighted by Gasteiger charge is 2.30. The molecule has 0 aliphatic rings. The highest BCUT2D eigenvalue weighted by molar-refractivity contribution is 6.00. The average molecular weight is 309 g/mol. The fourth-order valence-corrected chi connectivity index (χ4v) is 1.63. The first-order chi connectivity index (χ1) is 10.4. The Morgan fingerprint density at radius 1 is 0.955 bits per heavy atom. The topological polar surface area (TPSA) is 55.4 Å². The summed E-state index contributed by atoms with van der Waals surface area (Å²) in [4.78, 5) is 23.1. The van der Waals surface area contributed by atoms with Crippen LogP contribution in [-0.4, -0.2) is 12.1 Å². The van der Waals surface area contributed by atoms with Gasteiger partial charge in [0.2, 0.25) is 0 Å². The largest absolute Gasteiger partial charge is 0.419 e. The van der Waals surface area contributed by atoms with E-state index < -0.39 is 23.8 Å². The summed E-state index contributed by atoms with van der Waals surface area (Å²) in [5, 5.41) is 2.07. The first-order valence-corrected chi connectivity index (χ1v) is 6.12. The number of nitrogens with one attached hydrogen (secondary N) is 1. The van der Waals surface area contributed by atoms with E-state index >= 15 is 0 Å². The molecule has 2 rings (SSSR count). The Balaban J connectivity index is 2.02. The van der Waals surface area contributed by atoms with E-state index in [-0.39, 0.29) is 11.3 Å². The minimum absolute atomic E-state index is 0.124. The summed E-state index contributed by atoms with van der Waals surface area (Å²) in [6.07, 6.45) is -5.69. The first-order valence-electron chi connectivity index (χ1n) is 6.12. The zero-order chi connectivity index (χ0) is 16.2.